The zero-order chi connectivity index (χ0) is 13.0. The van der Waals surface area contributed by atoms with Crippen LogP contribution in [0.15, 0.2) is 0 Å². The molecule has 0 spiro atoms. The second kappa shape index (κ2) is 11.1. The van der Waals surface area contributed by atoms with Crippen LogP contribution in [0.5, 0.6) is 0 Å². The van der Waals surface area contributed by atoms with Gasteiger partial charge in [0.1, 0.15) is 0 Å². The first-order valence-electron chi connectivity index (χ1n) is 8.09. The summed E-state index contributed by atoms with van der Waals surface area (Å²) in [6.45, 7) is 14.7. The van der Waals surface area contributed by atoms with Crippen LogP contribution in [0.3, 0.4) is 0 Å². The lowest BCUT2D eigenvalue weighted by Crippen LogP contribution is -2.48. The predicted molar refractivity (Wildman–Crippen MR) is 79.4 cm³/mol. The van der Waals surface area contributed by atoms with Gasteiger partial charge in [0.05, 0.1) is 26.2 Å². The third-order valence-electron chi connectivity index (χ3n) is 4.50. The van der Waals surface area contributed by atoms with E-state index in [0.717, 1.165) is 0 Å². The van der Waals surface area contributed by atoms with Crippen LogP contribution in [0.4, 0.5) is 0 Å². The third kappa shape index (κ3) is 7.81. The summed E-state index contributed by atoms with van der Waals surface area (Å²) in [5, 5.41) is 0. The molecule has 0 rings (SSSR count). The fourth-order valence-corrected chi connectivity index (χ4v) is 2.73. The van der Waals surface area contributed by atoms with E-state index in [-0.39, 0.29) is 0 Å². The van der Waals surface area contributed by atoms with Gasteiger partial charge in [-0.05, 0) is 33.6 Å². The Morgan fingerprint density at radius 1 is 0.529 bits per heavy atom. The summed E-state index contributed by atoms with van der Waals surface area (Å²) in [5.74, 6) is 0. The van der Waals surface area contributed by atoms with Crippen molar-refractivity contribution >= 4 is 0 Å². The fourth-order valence-electron chi connectivity index (χ4n) is 2.73. The summed E-state index contributed by atoms with van der Waals surface area (Å²) in [6, 6.07) is 0. The van der Waals surface area contributed by atoms with E-state index in [1.807, 2.05) is 0 Å². The maximum absolute atomic E-state index is 2.34. The molecule has 0 N–H and O–H groups in total. The van der Waals surface area contributed by atoms with Gasteiger partial charge in [0, 0.05) is 0 Å². The van der Waals surface area contributed by atoms with Gasteiger partial charge in [-0.25, -0.2) is 0 Å². The number of unbranched alkanes of at least 4 members (excludes halogenated alkanes) is 7. The summed E-state index contributed by atoms with van der Waals surface area (Å²) in [4.78, 5) is 0. The topological polar surface area (TPSA) is 0 Å². The molecule has 0 saturated heterocycles. The smallest absolute Gasteiger partial charge is 0.0786 e. The van der Waals surface area contributed by atoms with Crippen molar-refractivity contribution in [2.45, 2.75) is 79.1 Å². The number of quaternary nitrogens is 1. The zero-order valence-electron chi connectivity index (χ0n) is 12.9. The Morgan fingerprint density at radius 3 is 1.35 bits per heavy atom. The lowest BCUT2D eigenvalue weighted by atomic mass is 10.1. The molecule has 0 unspecified atom stereocenters. The van der Waals surface area contributed by atoms with Crippen molar-refractivity contribution in [1.82, 2.24) is 0 Å². The fraction of sp³-hybridized carbons (Fsp3) is 1.00. The molecule has 1 heteroatoms. The van der Waals surface area contributed by atoms with Crippen molar-refractivity contribution in [1.29, 1.82) is 0 Å². The molecular weight excluding hydrogens is 206 g/mol. The highest BCUT2D eigenvalue weighted by molar-refractivity contribution is 4.47. The number of hydrogen-bond donors (Lipinski definition) is 0. The maximum Gasteiger partial charge on any atom is 0.0786 e. The molecule has 0 aliphatic carbocycles. The summed E-state index contributed by atoms with van der Waals surface area (Å²) >= 11 is 0. The van der Waals surface area contributed by atoms with Gasteiger partial charge >= 0.3 is 0 Å². The van der Waals surface area contributed by atoms with Gasteiger partial charge in [-0.15, -0.1) is 0 Å². The normalized spacial score (nSPS) is 12.0. The molecule has 0 aromatic carbocycles. The summed E-state index contributed by atoms with van der Waals surface area (Å²) < 4.78 is 1.33. The van der Waals surface area contributed by atoms with Crippen LogP contribution >= 0.6 is 0 Å². The summed E-state index contributed by atoms with van der Waals surface area (Å²) in [5.41, 5.74) is 0. The summed E-state index contributed by atoms with van der Waals surface area (Å²) in [7, 11) is 0. The Morgan fingerprint density at radius 2 is 0.941 bits per heavy atom. The Bertz CT molecular complexity index is 141. The largest absolute Gasteiger partial charge is 0.324 e. The van der Waals surface area contributed by atoms with Crippen molar-refractivity contribution in [3.8, 4) is 0 Å². The quantitative estimate of drug-likeness (QED) is 0.333. The van der Waals surface area contributed by atoms with Crippen molar-refractivity contribution in [3.63, 3.8) is 0 Å². The number of rotatable bonds is 12. The summed E-state index contributed by atoms with van der Waals surface area (Å²) in [6.07, 6.45) is 11.5. The molecule has 0 saturated carbocycles. The second-order valence-corrected chi connectivity index (χ2v) is 5.49. The highest BCUT2D eigenvalue weighted by Crippen LogP contribution is 2.12. The lowest BCUT2D eigenvalue weighted by molar-refractivity contribution is -0.923. The maximum atomic E-state index is 2.34. The van der Waals surface area contributed by atoms with Crippen LogP contribution in [0.2, 0.25) is 0 Å². The Kier molecular flexibility index (Phi) is 11.0. The van der Waals surface area contributed by atoms with Gasteiger partial charge in [-0.3, -0.25) is 0 Å². The van der Waals surface area contributed by atoms with E-state index in [2.05, 4.69) is 27.7 Å². The minimum absolute atomic E-state index is 1.31. The number of hydrogen-bond acceptors (Lipinski definition) is 0. The monoisotopic (exact) mass is 242 g/mol. The SMILES string of the molecule is CCCCCCCCCC[N+](CC)(CC)CC. The molecule has 0 aromatic heterocycles. The molecule has 104 valence electrons. The first kappa shape index (κ1) is 17.0. The molecule has 0 atom stereocenters. The van der Waals surface area contributed by atoms with Crippen molar-refractivity contribution in [2.75, 3.05) is 26.2 Å². The average Bonchev–Trinajstić information content (AvgIpc) is 2.38. The van der Waals surface area contributed by atoms with Crippen LogP contribution in [0, 0.1) is 0 Å². The van der Waals surface area contributed by atoms with Gasteiger partial charge in [0.2, 0.25) is 0 Å². The van der Waals surface area contributed by atoms with E-state index in [4.69, 9.17) is 0 Å². The Labute approximate surface area is 110 Å². The van der Waals surface area contributed by atoms with Crippen molar-refractivity contribution < 1.29 is 4.48 Å². The number of nitrogens with zero attached hydrogens (tertiary/aromatic N) is 1. The molecule has 0 amide bonds. The van der Waals surface area contributed by atoms with Crippen LogP contribution in [-0.4, -0.2) is 30.7 Å². The van der Waals surface area contributed by atoms with E-state index in [1.54, 1.807) is 0 Å². The van der Waals surface area contributed by atoms with Crippen LogP contribution < -0.4 is 0 Å². The molecule has 0 radical (unpaired) electrons. The zero-order valence-corrected chi connectivity index (χ0v) is 12.9. The molecule has 0 aliphatic heterocycles. The predicted octanol–water partition coefficient (Wildman–Crippen LogP) is 5.00. The molecular formula is C16H36N+. The average molecular weight is 242 g/mol. The van der Waals surface area contributed by atoms with E-state index in [1.165, 1.54) is 82.0 Å². The Balaban J connectivity index is 3.43. The minimum Gasteiger partial charge on any atom is -0.324 e. The first-order valence-corrected chi connectivity index (χ1v) is 8.09. The van der Waals surface area contributed by atoms with E-state index in [0.29, 0.717) is 0 Å². The van der Waals surface area contributed by atoms with Gasteiger partial charge in [-0.1, -0.05) is 45.4 Å². The highest BCUT2D eigenvalue weighted by Gasteiger charge is 2.19. The molecule has 0 fully saturated rings. The van der Waals surface area contributed by atoms with Crippen molar-refractivity contribution in [3.05, 3.63) is 0 Å². The van der Waals surface area contributed by atoms with Gasteiger partial charge in [-0.2, -0.15) is 0 Å². The second-order valence-electron chi connectivity index (χ2n) is 5.49. The molecule has 0 aliphatic rings. The molecule has 0 bridgehead atoms. The van der Waals surface area contributed by atoms with Gasteiger partial charge < -0.3 is 4.48 Å². The van der Waals surface area contributed by atoms with E-state index in [9.17, 15) is 0 Å². The van der Waals surface area contributed by atoms with Gasteiger partial charge in [0.25, 0.3) is 0 Å². The van der Waals surface area contributed by atoms with E-state index < -0.39 is 0 Å². The lowest BCUT2D eigenvalue weighted by Gasteiger charge is -2.35. The van der Waals surface area contributed by atoms with Crippen molar-refractivity contribution in [2.24, 2.45) is 0 Å². The van der Waals surface area contributed by atoms with Crippen LogP contribution in [0.1, 0.15) is 79.1 Å². The first-order chi connectivity index (χ1) is 8.24. The third-order valence-corrected chi connectivity index (χ3v) is 4.50. The molecule has 0 heterocycles. The highest BCUT2D eigenvalue weighted by atomic mass is 15.3. The standard InChI is InChI=1S/C16H36N/c1-5-9-10-11-12-13-14-15-16-17(6-2,7-3)8-4/h5-16H2,1-4H3/q+1. The molecule has 0 aromatic rings. The molecule has 1 nitrogen and oxygen atoms in total. The molecule has 17 heavy (non-hydrogen) atoms. The Hall–Kier alpha value is -0.0400. The van der Waals surface area contributed by atoms with Gasteiger partial charge in [0.15, 0.2) is 0 Å². The van der Waals surface area contributed by atoms with Crippen LogP contribution in [0.25, 0.3) is 0 Å². The van der Waals surface area contributed by atoms with Crippen LogP contribution in [-0.2, 0) is 0 Å². The minimum atomic E-state index is 1.31. The van der Waals surface area contributed by atoms with E-state index >= 15 is 0 Å².